The van der Waals surface area contributed by atoms with Crippen LogP contribution in [0, 0.1) is 0 Å². The number of hydrogen-bond donors (Lipinski definition) is 1. The molecule has 0 atom stereocenters. The fourth-order valence-electron chi connectivity index (χ4n) is 1.26. The predicted molar refractivity (Wildman–Crippen MR) is 72.5 cm³/mol. The molecule has 4 heteroatoms. The summed E-state index contributed by atoms with van der Waals surface area (Å²) in [6.07, 6.45) is 1.79. The molecule has 1 aromatic carbocycles. The van der Waals surface area contributed by atoms with Crippen LogP contribution in [0.4, 0.5) is 5.82 Å². The number of nitrogens with zero attached hydrogens (tertiary/aromatic N) is 1. The first-order valence-electron chi connectivity index (χ1n) is 4.64. The number of halogens is 2. The van der Waals surface area contributed by atoms with E-state index in [1.54, 1.807) is 6.20 Å². The van der Waals surface area contributed by atoms with E-state index in [9.17, 15) is 0 Å². The highest BCUT2D eigenvalue weighted by Crippen LogP contribution is 2.04. The van der Waals surface area contributed by atoms with Gasteiger partial charge in [-0.2, -0.15) is 0 Å². The van der Waals surface area contributed by atoms with Gasteiger partial charge < -0.3 is 5.32 Å². The van der Waals surface area contributed by atoms with Crippen molar-refractivity contribution in [3.63, 3.8) is 0 Å². The molecule has 16 heavy (non-hydrogen) atoms. The Labute approximate surface area is 108 Å². The molecule has 2 nitrogen and oxygen atoms in total. The number of nitrogens with one attached hydrogen (secondary N) is 1. The molecule has 2 rings (SSSR count). The Balaban J connectivity index is 0.00000112. The van der Waals surface area contributed by atoms with Crippen molar-refractivity contribution in [1.29, 1.82) is 0 Å². The van der Waals surface area contributed by atoms with Gasteiger partial charge in [-0.25, -0.2) is 4.98 Å². The zero-order chi connectivity index (χ0) is 9.64. The van der Waals surface area contributed by atoms with Gasteiger partial charge in [0.2, 0.25) is 0 Å². The molecular weight excluding hydrogens is 243 g/mol. The maximum absolute atomic E-state index is 4.18. The molecule has 0 aliphatic carbocycles. The SMILES string of the molecule is Cl.Cl.c1ccc(CNc2ccccn2)cc1. The van der Waals surface area contributed by atoms with Gasteiger partial charge in [-0.3, -0.25) is 0 Å². The van der Waals surface area contributed by atoms with Crippen molar-refractivity contribution in [1.82, 2.24) is 4.98 Å². The van der Waals surface area contributed by atoms with E-state index < -0.39 is 0 Å². The summed E-state index contributed by atoms with van der Waals surface area (Å²) in [4.78, 5) is 4.18. The van der Waals surface area contributed by atoms with E-state index in [4.69, 9.17) is 0 Å². The van der Waals surface area contributed by atoms with Crippen molar-refractivity contribution in [2.75, 3.05) is 5.32 Å². The Morgan fingerprint density at radius 3 is 2.19 bits per heavy atom. The minimum Gasteiger partial charge on any atom is -0.366 e. The lowest BCUT2D eigenvalue weighted by molar-refractivity contribution is 1.11. The Bertz CT molecular complexity index is 339. The fourth-order valence-corrected chi connectivity index (χ4v) is 1.26. The summed E-state index contributed by atoms with van der Waals surface area (Å²) in [6.45, 7) is 0.817. The number of benzene rings is 1. The molecule has 1 aromatic heterocycles. The van der Waals surface area contributed by atoms with Gasteiger partial charge in [-0.15, -0.1) is 24.8 Å². The second kappa shape index (κ2) is 7.97. The minimum atomic E-state index is 0. The molecule has 1 N–H and O–H groups in total. The monoisotopic (exact) mass is 256 g/mol. The van der Waals surface area contributed by atoms with Gasteiger partial charge in [0.05, 0.1) is 0 Å². The maximum Gasteiger partial charge on any atom is 0.126 e. The van der Waals surface area contributed by atoms with Crippen molar-refractivity contribution in [3.8, 4) is 0 Å². The Morgan fingerprint density at radius 1 is 0.875 bits per heavy atom. The topological polar surface area (TPSA) is 24.9 Å². The van der Waals surface area contributed by atoms with Gasteiger partial charge in [-0.1, -0.05) is 36.4 Å². The van der Waals surface area contributed by atoms with E-state index in [-0.39, 0.29) is 24.8 Å². The lowest BCUT2D eigenvalue weighted by Crippen LogP contribution is -2.00. The number of aromatic nitrogens is 1. The highest BCUT2D eigenvalue weighted by atomic mass is 35.5. The van der Waals surface area contributed by atoms with Gasteiger partial charge >= 0.3 is 0 Å². The van der Waals surface area contributed by atoms with Crippen molar-refractivity contribution in [3.05, 3.63) is 60.3 Å². The quantitative estimate of drug-likeness (QED) is 0.909. The molecule has 0 aliphatic rings. The van der Waals surface area contributed by atoms with Crippen LogP contribution in [-0.4, -0.2) is 4.98 Å². The summed E-state index contributed by atoms with van der Waals surface area (Å²) >= 11 is 0. The first-order valence-corrected chi connectivity index (χ1v) is 4.64. The first kappa shape index (κ1) is 14.8. The van der Waals surface area contributed by atoms with Crippen molar-refractivity contribution in [2.45, 2.75) is 6.54 Å². The molecule has 2 aromatic rings. The molecule has 0 saturated heterocycles. The van der Waals surface area contributed by atoms with Crippen LogP contribution in [0.3, 0.4) is 0 Å². The zero-order valence-electron chi connectivity index (χ0n) is 8.67. The number of anilines is 1. The van der Waals surface area contributed by atoms with Crippen LogP contribution in [0.2, 0.25) is 0 Å². The normalized spacial score (nSPS) is 8.50. The third kappa shape index (κ3) is 4.51. The molecule has 0 amide bonds. The minimum absolute atomic E-state index is 0. The standard InChI is InChI=1S/C12H12N2.2ClH/c1-2-6-11(7-3-1)10-14-12-8-4-5-9-13-12;;/h1-9H,10H2,(H,13,14);2*1H. The third-order valence-corrected chi connectivity index (χ3v) is 1.98. The van der Waals surface area contributed by atoms with Crippen LogP contribution in [0.5, 0.6) is 0 Å². The molecule has 0 bridgehead atoms. The van der Waals surface area contributed by atoms with Crippen LogP contribution in [0.25, 0.3) is 0 Å². The Hall–Kier alpha value is -1.25. The second-order valence-corrected chi connectivity index (χ2v) is 3.05. The van der Waals surface area contributed by atoms with Crippen molar-refractivity contribution in [2.24, 2.45) is 0 Å². The van der Waals surface area contributed by atoms with Crippen LogP contribution in [0.1, 0.15) is 5.56 Å². The van der Waals surface area contributed by atoms with E-state index in [1.165, 1.54) is 5.56 Å². The molecule has 1 heterocycles. The van der Waals surface area contributed by atoms with Gasteiger partial charge in [0.15, 0.2) is 0 Å². The number of rotatable bonds is 3. The third-order valence-electron chi connectivity index (χ3n) is 1.98. The van der Waals surface area contributed by atoms with Crippen LogP contribution in [0.15, 0.2) is 54.7 Å². The highest BCUT2D eigenvalue weighted by Gasteiger charge is 1.91. The van der Waals surface area contributed by atoms with Crippen LogP contribution in [-0.2, 0) is 6.54 Å². The van der Waals surface area contributed by atoms with E-state index in [1.807, 2.05) is 36.4 Å². The average Bonchev–Trinajstić information content (AvgIpc) is 2.29. The molecular formula is C12H14Cl2N2. The maximum atomic E-state index is 4.18. The first-order chi connectivity index (χ1) is 6.95. The van der Waals surface area contributed by atoms with Crippen LogP contribution < -0.4 is 5.32 Å². The summed E-state index contributed by atoms with van der Waals surface area (Å²) < 4.78 is 0. The number of pyridine rings is 1. The summed E-state index contributed by atoms with van der Waals surface area (Å²) in [5.74, 6) is 0.913. The van der Waals surface area contributed by atoms with Gasteiger partial charge in [0.1, 0.15) is 5.82 Å². The van der Waals surface area contributed by atoms with Crippen molar-refractivity contribution < 1.29 is 0 Å². The smallest absolute Gasteiger partial charge is 0.126 e. The van der Waals surface area contributed by atoms with Gasteiger partial charge in [-0.05, 0) is 17.7 Å². The largest absolute Gasteiger partial charge is 0.366 e. The van der Waals surface area contributed by atoms with Crippen molar-refractivity contribution >= 4 is 30.6 Å². The summed E-state index contributed by atoms with van der Waals surface area (Å²) in [5, 5.41) is 3.25. The van der Waals surface area contributed by atoms with E-state index in [2.05, 4.69) is 22.4 Å². The Morgan fingerprint density at radius 2 is 1.56 bits per heavy atom. The highest BCUT2D eigenvalue weighted by molar-refractivity contribution is 5.85. The van der Waals surface area contributed by atoms with E-state index in [0.717, 1.165) is 12.4 Å². The number of hydrogen-bond acceptors (Lipinski definition) is 2. The predicted octanol–water partition coefficient (Wildman–Crippen LogP) is 3.54. The molecule has 0 unspecified atom stereocenters. The lowest BCUT2D eigenvalue weighted by Gasteiger charge is -2.04. The molecule has 0 radical (unpaired) electrons. The zero-order valence-corrected chi connectivity index (χ0v) is 10.3. The molecule has 0 spiro atoms. The van der Waals surface area contributed by atoms with E-state index >= 15 is 0 Å². The summed E-state index contributed by atoms with van der Waals surface area (Å²) in [7, 11) is 0. The molecule has 0 aliphatic heterocycles. The molecule has 0 saturated carbocycles. The second-order valence-electron chi connectivity index (χ2n) is 3.05. The molecule has 86 valence electrons. The van der Waals surface area contributed by atoms with Gasteiger partial charge in [0, 0.05) is 12.7 Å². The fraction of sp³-hybridized carbons (Fsp3) is 0.0833. The van der Waals surface area contributed by atoms with E-state index in [0.29, 0.717) is 0 Å². The lowest BCUT2D eigenvalue weighted by atomic mass is 10.2. The summed E-state index contributed by atoms with van der Waals surface area (Å²) in [5.41, 5.74) is 1.26. The van der Waals surface area contributed by atoms with Crippen LogP contribution >= 0.6 is 24.8 Å². The Kier molecular flexibility index (Phi) is 7.34. The van der Waals surface area contributed by atoms with Gasteiger partial charge in [0.25, 0.3) is 0 Å². The summed E-state index contributed by atoms with van der Waals surface area (Å²) in [6, 6.07) is 16.1. The average molecular weight is 257 g/mol. The molecule has 0 fully saturated rings.